The number of rotatable bonds is 8. The van der Waals surface area contributed by atoms with E-state index in [9.17, 15) is 0 Å². The van der Waals surface area contributed by atoms with Gasteiger partial charge in [0.15, 0.2) is 0 Å². The molecule has 6 heterocycles. The predicted molar refractivity (Wildman–Crippen MR) is 538 cm³/mol. The summed E-state index contributed by atoms with van der Waals surface area (Å²) in [4.78, 5) is 22.0. The zero-order chi connectivity index (χ0) is 83.8. The Hall–Kier alpha value is -17.2. The molecule has 8 nitrogen and oxygen atoms in total. The van der Waals surface area contributed by atoms with Gasteiger partial charge in [0.2, 0.25) is 0 Å². The van der Waals surface area contributed by atoms with Crippen LogP contribution in [0, 0.1) is 0 Å². The molecule has 0 unspecified atom stereocenters. The van der Waals surface area contributed by atoms with Crippen LogP contribution in [-0.4, -0.2) is 38.2 Å². The van der Waals surface area contributed by atoms with E-state index < -0.39 is 0 Å². The average molecular weight is 1630 g/mol. The van der Waals surface area contributed by atoms with Crippen LogP contribution in [0.2, 0.25) is 0 Å². The monoisotopic (exact) mass is 1620 g/mol. The number of nitrogens with zero attached hydrogens (tertiary/aromatic N) is 8. The van der Waals surface area contributed by atoms with Gasteiger partial charge in [0.1, 0.15) is 0 Å². The molecule has 0 N–H and O–H groups in total. The van der Waals surface area contributed by atoms with E-state index in [1.165, 1.54) is 124 Å². The topological polar surface area (TPSA) is 71.3 Å². The predicted octanol–water partition coefficient (Wildman–Crippen LogP) is 31.5. The standard InChI is InChI=1S/2C60H36N4/c1-3-15-45-37(13-1)25-26-38-27-28-41(33-50(38)45)59-60(62-54-21-9-8-20-53(54)61-59)52-36-44(31-40-14-2-4-16-46(40)52)64-57-24-12-7-19-49(57)51-34-42-32-43(30-29-39(42)35-58(51)64)63-55-22-10-5-17-47(55)48-18-6-11-23-56(48)63;1-2-16-38-34-57-50(32-37(38)15-1)49-30-29-41(63-55-27-13-9-23-47(55)48-24-10-14-28-56(48)63)36-58(49)64(57)42-31-39-17-3-6-20-44(39)52(35-42)60-59(61-53-25-11-12-26-54(53)62-60)51-33-40-18-4-5-19-43(40)45-21-7-8-22-46(45)51/h2*1-36H. The molecule has 128 heavy (non-hydrogen) atoms. The van der Waals surface area contributed by atoms with Gasteiger partial charge in [-0.25, -0.2) is 19.9 Å². The van der Waals surface area contributed by atoms with Gasteiger partial charge in [0.05, 0.1) is 89.0 Å². The summed E-state index contributed by atoms with van der Waals surface area (Å²) >= 11 is 0. The van der Waals surface area contributed by atoms with Gasteiger partial charge in [-0.3, -0.25) is 0 Å². The molecule has 22 aromatic carbocycles. The van der Waals surface area contributed by atoms with Gasteiger partial charge in [-0.1, -0.05) is 297 Å². The number of para-hydroxylation sites is 9. The lowest BCUT2D eigenvalue weighted by atomic mass is 9.92. The van der Waals surface area contributed by atoms with E-state index in [-0.39, 0.29) is 0 Å². The Morgan fingerprint density at radius 1 is 0.133 bits per heavy atom. The molecule has 6 aromatic heterocycles. The van der Waals surface area contributed by atoms with Gasteiger partial charge in [-0.15, -0.1) is 0 Å². The van der Waals surface area contributed by atoms with Crippen molar-refractivity contribution in [1.29, 1.82) is 0 Å². The summed E-state index contributed by atoms with van der Waals surface area (Å²) in [7, 11) is 0. The first kappa shape index (κ1) is 71.4. The van der Waals surface area contributed by atoms with Gasteiger partial charge in [-0.05, 0) is 226 Å². The Balaban J connectivity index is 0.000000132. The van der Waals surface area contributed by atoms with Crippen molar-refractivity contribution in [1.82, 2.24) is 38.2 Å². The Labute approximate surface area is 733 Å². The number of fused-ring (bicyclic) bond motifs is 24. The largest absolute Gasteiger partial charge is 0.309 e. The van der Waals surface area contributed by atoms with Crippen molar-refractivity contribution in [2.45, 2.75) is 0 Å². The van der Waals surface area contributed by atoms with Gasteiger partial charge in [-0.2, -0.15) is 0 Å². The lowest BCUT2D eigenvalue weighted by molar-refractivity contribution is 1.16. The third kappa shape index (κ3) is 11.1. The van der Waals surface area contributed by atoms with Crippen LogP contribution in [0.5, 0.6) is 0 Å². The van der Waals surface area contributed by atoms with Gasteiger partial charge in [0.25, 0.3) is 0 Å². The normalized spacial score (nSPS) is 12.1. The Kier molecular flexibility index (Phi) is 15.7. The number of hydrogen-bond acceptors (Lipinski definition) is 4. The fourth-order valence-corrected chi connectivity index (χ4v) is 21.0. The molecule has 0 fully saturated rings. The minimum Gasteiger partial charge on any atom is -0.309 e. The SMILES string of the molecule is c1ccc2c(-c3nc4ccccc4nc3-c3ccc4ccc5ccccc5c4c3)cc(-n3c4ccccc4c4cc5cc(-n6c7ccccc7c7ccccc76)ccc5cc43)cc2c1.c1ccc2cc3c(cc2c1)c1ccc(-n2c4ccccc4c4ccccc42)cc1n3-c1cc(-c2nc3ccccc3nc2-c2cc3ccccc3c3ccccc23)c2ccccc2c1. The second-order valence-electron chi connectivity index (χ2n) is 33.9. The number of aromatic nitrogens is 8. The maximum atomic E-state index is 5.58. The fourth-order valence-electron chi connectivity index (χ4n) is 21.0. The summed E-state index contributed by atoms with van der Waals surface area (Å²) < 4.78 is 9.73. The number of hydrogen-bond donors (Lipinski definition) is 0. The maximum absolute atomic E-state index is 5.58. The summed E-state index contributed by atoms with van der Waals surface area (Å²) in [5, 5.41) is 28.8. The molecule has 0 saturated carbocycles. The Morgan fingerprint density at radius 2 is 0.430 bits per heavy atom. The third-order valence-electron chi connectivity index (χ3n) is 26.8. The molecule has 0 atom stereocenters. The summed E-state index contributed by atoms with van der Waals surface area (Å²) in [5.41, 5.74) is 24.9. The quantitative estimate of drug-likeness (QED) is 0.142. The molecule has 0 bridgehead atoms. The lowest BCUT2D eigenvalue weighted by Gasteiger charge is -2.18. The van der Waals surface area contributed by atoms with Crippen LogP contribution >= 0.6 is 0 Å². The maximum Gasteiger partial charge on any atom is 0.0980 e. The smallest absolute Gasteiger partial charge is 0.0980 e. The van der Waals surface area contributed by atoms with Crippen LogP contribution in [0.4, 0.5) is 0 Å². The van der Waals surface area contributed by atoms with Crippen LogP contribution < -0.4 is 0 Å². The molecule has 0 radical (unpaired) electrons. The first-order valence-corrected chi connectivity index (χ1v) is 43.8. The summed E-state index contributed by atoms with van der Waals surface area (Å²) in [6.45, 7) is 0. The molecule has 0 aliphatic rings. The van der Waals surface area contributed by atoms with Crippen molar-refractivity contribution in [3.63, 3.8) is 0 Å². The highest BCUT2D eigenvalue weighted by Crippen LogP contribution is 2.48. The Morgan fingerprint density at radius 3 is 0.945 bits per heavy atom. The average Bonchev–Trinajstić information content (AvgIpc) is 1.44. The van der Waals surface area contributed by atoms with E-state index in [4.69, 9.17) is 19.9 Å². The molecule has 0 aliphatic heterocycles. The van der Waals surface area contributed by atoms with Gasteiger partial charge < -0.3 is 18.3 Å². The molecule has 0 amide bonds. The van der Waals surface area contributed by atoms with Gasteiger partial charge in [0, 0.05) is 88.1 Å². The van der Waals surface area contributed by atoms with E-state index in [2.05, 4.69) is 443 Å². The highest BCUT2D eigenvalue weighted by Gasteiger charge is 2.26. The highest BCUT2D eigenvalue weighted by atomic mass is 15.0. The number of benzene rings is 22. The zero-order valence-corrected chi connectivity index (χ0v) is 69.1. The first-order valence-electron chi connectivity index (χ1n) is 43.8. The van der Waals surface area contributed by atoms with Crippen LogP contribution in [-0.2, 0) is 0 Å². The van der Waals surface area contributed by atoms with E-state index in [0.717, 1.165) is 139 Å². The zero-order valence-electron chi connectivity index (χ0n) is 69.1. The minimum atomic E-state index is 0.856. The molecule has 0 spiro atoms. The lowest BCUT2D eigenvalue weighted by Crippen LogP contribution is -2.00. The molecular weight excluding hydrogens is 1550 g/mol. The van der Waals surface area contributed by atoms with Crippen molar-refractivity contribution in [2.75, 3.05) is 0 Å². The molecule has 0 saturated heterocycles. The molecule has 8 heteroatoms. The van der Waals surface area contributed by atoms with E-state index in [1.54, 1.807) is 0 Å². The molecule has 592 valence electrons. The van der Waals surface area contributed by atoms with E-state index >= 15 is 0 Å². The highest BCUT2D eigenvalue weighted by molar-refractivity contribution is 6.20. The van der Waals surface area contributed by atoms with Crippen molar-refractivity contribution < 1.29 is 0 Å². The van der Waals surface area contributed by atoms with Crippen molar-refractivity contribution in [3.05, 3.63) is 437 Å². The molecule has 28 rings (SSSR count). The van der Waals surface area contributed by atoms with Crippen LogP contribution in [0.15, 0.2) is 437 Å². The fraction of sp³-hybridized carbons (Fsp3) is 0. The second kappa shape index (κ2) is 28.2. The summed E-state index contributed by atoms with van der Waals surface area (Å²) in [6.07, 6.45) is 0. The van der Waals surface area contributed by atoms with Crippen molar-refractivity contribution in [3.8, 4) is 67.8 Å². The molecule has 28 aromatic rings. The van der Waals surface area contributed by atoms with E-state index in [0.29, 0.717) is 0 Å². The summed E-state index contributed by atoms with van der Waals surface area (Å²) in [5.74, 6) is 0. The minimum absolute atomic E-state index is 0.856. The van der Waals surface area contributed by atoms with Crippen molar-refractivity contribution in [2.24, 2.45) is 0 Å². The van der Waals surface area contributed by atoms with E-state index in [1.807, 2.05) is 12.1 Å². The first-order chi connectivity index (χ1) is 63.4. The second-order valence-corrected chi connectivity index (χ2v) is 33.9. The Bertz CT molecular complexity index is 9530. The van der Waals surface area contributed by atoms with Crippen LogP contribution in [0.3, 0.4) is 0 Å². The van der Waals surface area contributed by atoms with Crippen LogP contribution in [0.1, 0.15) is 0 Å². The molecule has 0 aliphatic carbocycles. The van der Waals surface area contributed by atoms with Gasteiger partial charge >= 0.3 is 0 Å². The third-order valence-corrected chi connectivity index (χ3v) is 26.8. The summed E-state index contributed by atoms with van der Waals surface area (Å²) in [6, 6.07) is 159. The van der Waals surface area contributed by atoms with Crippen molar-refractivity contribution >= 4 is 195 Å². The molecular formula is C120H72N8. The van der Waals surface area contributed by atoms with Crippen LogP contribution in [0.25, 0.3) is 263 Å².